The van der Waals surface area contributed by atoms with Gasteiger partial charge >= 0.3 is 0 Å². The number of nitrogens with zero attached hydrogens (tertiary/aromatic N) is 3. The Balaban J connectivity index is 2.27. The second kappa shape index (κ2) is 8.30. The molecule has 0 aliphatic rings. The molecule has 0 bridgehead atoms. The van der Waals surface area contributed by atoms with Crippen molar-refractivity contribution in [3.8, 4) is 0 Å². The van der Waals surface area contributed by atoms with E-state index in [1.165, 1.54) is 22.5 Å². The molecule has 0 radical (unpaired) electrons. The number of amides is 1. The normalized spacial score (nSPS) is 11.7. The number of rotatable bonds is 7. The van der Waals surface area contributed by atoms with E-state index in [1.807, 2.05) is 0 Å². The number of halogens is 1. The summed E-state index contributed by atoms with van der Waals surface area (Å²) in [4.78, 5) is 12.3. The summed E-state index contributed by atoms with van der Waals surface area (Å²) in [6.07, 6.45) is 0. The van der Waals surface area contributed by atoms with Crippen molar-refractivity contribution in [2.45, 2.75) is 25.3 Å². The van der Waals surface area contributed by atoms with E-state index in [0.717, 1.165) is 0 Å². The lowest BCUT2D eigenvalue weighted by Crippen LogP contribution is -2.31. The molecular weight excluding hydrogens is 398 g/mol. The van der Waals surface area contributed by atoms with Gasteiger partial charge in [0, 0.05) is 25.7 Å². The molecule has 1 aromatic carbocycles. The van der Waals surface area contributed by atoms with E-state index in [2.05, 4.69) is 15.5 Å². The van der Waals surface area contributed by atoms with E-state index < -0.39 is 15.9 Å². The van der Waals surface area contributed by atoms with E-state index in [1.54, 1.807) is 25.5 Å². The quantitative estimate of drug-likeness (QED) is 0.672. The first kappa shape index (κ1) is 20.6. The van der Waals surface area contributed by atoms with Gasteiger partial charge in [0.2, 0.25) is 10.0 Å². The first-order valence-corrected chi connectivity index (χ1v) is 10.1. The number of sulfonamides is 1. The minimum absolute atomic E-state index is 0.0721. The third-order valence-electron chi connectivity index (χ3n) is 3.90. The van der Waals surface area contributed by atoms with Gasteiger partial charge in [-0.15, -0.1) is 0 Å². The number of hydrogen-bond donors (Lipinski definition) is 2. The molecule has 1 aromatic heterocycles. The van der Waals surface area contributed by atoms with Crippen LogP contribution in [0, 0.1) is 4.77 Å². The number of H-pyrrole nitrogens is 1. The molecule has 142 valence electrons. The monoisotopic (exact) mass is 417 g/mol. The number of carbonyl (C=O) groups excluding carboxylic acids is 1. The molecule has 0 aliphatic carbocycles. The zero-order chi connectivity index (χ0) is 19.5. The summed E-state index contributed by atoms with van der Waals surface area (Å²) < 4.78 is 28.7. The van der Waals surface area contributed by atoms with Crippen LogP contribution < -0.4 is 5.32 Å². The highest BCUT2D eigenvalue weighted by Gasteiger charge is 2.25. The average Bonchev–Trinajstić information content (AvgIpc) is 2.92. The van der Waals surface area contributed by atoms with Crippen molar-refractivity contribution in [3.63, 3.8) is 0 Å². The third kappa shape index (κ3) is 4.14. The lowest BCUT2D eigenvalue weighted by Gasteiger charge is -2.19. The van der Waals surface area contributed by atoms with Gasteiger partial charge < -0.3 is 9.88 Å². The van der Waals surface area contributed by atoms with Gasteiger partial charge in [-0.2, -0.15) is 9.40 Å². The van der Waals surface area contributed by atoms with Crippen LogP contribution in [-0.4, -0.2) is 46.5 Å². The van der Waals surface area contributed by atoms with Gasteiger partial charge in [-0.3, -0.25) is 9.89 Å². The second-order valence-electron chi connectivity index (χ2n) is 5.42. The minimum Gasteiger partial charge on any atom is -0.345 e. The largest absolute Gasteiger partial charge is 0.345 e. The van der Waals surface area contributed by atoms with Gasteiger partial charge in [-0.25, -0.2) is 8.42 Å². The molecule has 2 aromatic rings. The first-order valence-electron chi connectivity index (χ1n) is 7.90. The molecule has 8 nitrogen and oxygen atoms in total. The van der Waals surface area contributed by atoms with Crippen molar-refractivity contribution in [2.24, 2.45) is 7.05 Å². The van der Waals surface area contributed by atoms with E-state index in [9.17, 15) is 13.2 Å². The summed E-state index contributed by atoms with van der Waals surface area (Å²) in [6, 6.07) is 4.17. The van der Waals surface area contributed by atoms with Crippen LogP contribution >= 0.6 is 23.8 Å². The fraction of sp³-hybridized carbons (Fsp3) is 0.400. The van der Waals surface area contributed by atoms with Crippen LogP contribution in [0.4, 0.5) is 0 Å². The predicted molar refractivity (Wildman–Crippen MR) is 101 cm³/mol. The topological polar surface area (TPSA) is 100 Å². The Morgan fingerprint density at radius 3 is 2.58 bits per heavy atom. The zero-order valence-corrected chi connectivity index (χ0v) is 17.0. The predicted octanol–water partition coefficient (Wildman–Crippen LogP) is 2.09. The van der Waals surface area contributed by atoms with Crippen LogP contribution in [0.2, 0.25) is 5.02 Å². The van der Waals surface area contributed by atoms with Crippen LogP contribution in [-0.2, 0) is 23.6 Å². The average molecular weight is 418 g/mol. The molecule has 0 aliphatic heterocycles. The van der Waals surface area contributed by atoms with Crippen molar-refractivity contribution in [2.75, 3.05) is 13.1 Å². The summed E-state index contributed by atoms with van der Waals surface area (Å²) in [5.41, 5.74) is 0.192. The van der Waals surface area contributed by atoms with Crippen molar-refractivity contribution in [3.05, 3.63) is 39.4 Å². The van der Waals surface area contributed by atoms with Gasteiger partial charge in [0.25, 0.3) is 5.91 Å². The molecule has 0 fully saturated rings. The third-order valence-corrected chi connectivity index (χ3v) is 6.79. The first-order chi connectivity index (χ1) is 12.2. The smallest absolute Gasteiger partial charge is 0.251 e. The van der Waals surface area contributed by atoms with Crippen LogP contribution in [0.1, 0.15) is 30.0 Å². The van der Waals surface area contributed by atoms with E-state index in [-0.39, 0.29) is 22.0 Å². The standard InChI is InChI=1S/C15H20ClN5O3S2/c1-4-21(5-2)26(23,24)12-8-10(6-7-11(12)16)14(22)17-9-13-18-19-15(25)20(13)3/h6-8H,4-5,9H2,1-3H3,(H,17,22)(H,19,25). The molecule has 0 saturated carbocycles. The highest BCUT2D eigenvalue weighted by atomic mass is 35.5. The zero-order valence-electron chi connectivity index (χ0n) is 14.6. The highest BCUT2D eigenvalue weighted by Crippen LogP contribution is 2.25. The lowest BCUT2D eigenvalue weighted by molar-refractivity contribution is 0.0949. The number of benzene rings is 1. The van der Waals surface area contributed by atoms with E-state index in [4.69, 9.17) is 23.8 Å². The Morgan fingerprint density at radius 1 is 1.38 bits per heavy atom. The van der Waals surface area contributed by atoms with Crippen LogP contribution in [0.3, 0.4) is 0 Å². The number of hydrogen-bond acceptors (Lipinski definition) is 5. The Labute approximate surface area is 162 Å². The summed E-state index contributed by atoms with van der Waals surface area (Å²) in [5.74, 6) is 0.111. The Bertz CT molecular complexity index is 964. The summed E-state index contributed by atoms with van der Waals surface area (Å²) in [6.45, 7) is 4.24. The number of carbonyl (C=O) groups is 1. The summed E-state index contributed by atoms with van der Waals surface area (Å²) in [5, 5.41) is 9.39. The molecule has 1 amide bonds. The Morgan fingerprint density at radius 2 is 2.04 bits per heavy atom. The molecule has 0 saturated heterocycles. The maximum Gasteiger partial charge on any atom is 0.251 e. The summed E-state index contributed by atoms with van der Waals surface area (Å²) >= 11 is 11.1. The Hall–Kier alpha value is -1.75. The Kier molecular flexibility index (Phi) is 6.56. The van der Waals surface area contributed by atoms with Crippen molar-refractivity contribution < 1.29 is 13.2 Å². The van der Waals surface area contributed by atoms with Crippen LogP contribution in [0.15, 0.2) is 23.1 Å². The molecule has 11 heteroatoms. The molecule has 1 heterocycles. The number of aromatic nitrogens is 3. The van der Waals surface area contributed by atoms with Crippen molar-refractivity contribution in [1.29, 1.82) is 0 Å². The highest BCUT2D eigenvalue weighted by molar-refractivity contribution is 7.89. The maximum absolute atomic E-state index is 12.7. The summed E-state index contributed by atoms with van der Waals surface area (Å²) in [7, 11) is -2.05. The van der Waals surface area contributed by atoms with Crippen molar-refractivity contribution >= 4 is 39.7 Å². The van der Waals surface area contributed by atoms with Gasteiger partial charge in [0.1, 0.15) is 4.90 Å². The maximum atomic E-state index is 12.7. The molecule has 26 heavy (non-hydrogen) atoms. The molecular formula is C15H20ClN5O3S2. The van der Waals surface area contributed by atoms with Crippen LogP contribution in [0.5, 0.6) is 0 Å². The van der Waals surface area contributed by atoms with Crippen LogP contribution in [0.25, 0.3) is 0 Å². The molecule has 2 rings (SSSR count). The number of nitrogens with one attached hydrogen (secondary N) is 2. The fourth-order valence-electron chi connectivity index (χ4n) is 2.34. The van der Waals surface area contributed by atoms with Crippen molar-refractivity contribution in [1.82, 2.24) is 24.4 Å². The molecule has 0 unspecified atom stereocenters. The number of aromatic amines is 1. The lowest BCUT2D eigenvalue weighted by atomic mass is 10.2. The second-order valence-corrected chi connectivity index (χ2v) is 8.12. The van der Waals surface area contributed by atoms with Gasteiger partial charge in [-0.1, -0.05) is 25.4 Å². The SMILES string of the molecule is CCN(CC)S(=O)(=O)c1cc(C(=O)NCc2n[nH]c(=S)n2C)ccc1Cl. The molecule has 2 N–H and O–H groups in total. The fourth-order valence-corrected chi connectivity index (χ4v) is 4.45. The molecule has 0 spiro atoms. The van der Waals surface area contributed by atoms with Gasteiger partial charge in [0.15, 0.2) is 10.6 Å². The molecule has 0 atom stereocenters. The van der Waals surface area contributed by atoms with E-state index in [0.29, 0.717) is 23.7 Å². The van der Waals surface area contributed by atoms with E-state index >= 15 is 0 Å². The van der Waals surface area contributed by atoms with Gasteiger partial charge in [-0.05, 0) is 30.4 Å². The van der Waals surface area contributed by atoms with Gasteiger partial charge in [0.05, 0.1) is 11.6 Å². The minimum atomic E-state index is -3.77.